The molecule has 13 nitrogen and oxygen atoms in total. The summed E-state index contributed by atoms with van der Waals surface area (Å²) in [7, 11) is -4.08. The quantitative estimate of drug-likeness (QED) is 0.0644. The van der Waals surface area contributed by atoms with Crippen molar-refractivity contribution in [1.82, 2.24) is 25.1 Å². The smallest absolute Gasteiger partial charge is 0.355 e. The van der Waals surface area contributed by atoms with Gasteiger partial charge in [0.05, 0.1) is 33.5 Å². The van der Waals surface area contributed by atoms with Crippen LogP contribution >= 0.6 is 11.3 Å². The second kappa shape index (κ2) is 14.5. The Hall–Kier alpha value is -5.06. The molecule has 312 valence electrons. The molecule has 0 spiro atoms. The Bertz CT molecular complexity index is 2770. The van der Waals surface area contributed by atoms with Crippen LogP contribution in [0.15, 0.2) is 79.0 Å². The fraction of sp³-hybridized carbons (Fsp3) is 0.400. The van der Waals surface area contributed by atoms with Gasteiger partial charge in [0.1, 0.15) is 6.23 Å². The first-order valence-corrected chi connectivity index (χ1v) is 22.7. The highest BCUT2D eigenvalue weighted by Crippen LogP contribution is 2.72. The number of aromatic carboxylic acids is 1. The molecule has 15 heteroatoms. The molecule has 4 aliphatic carbocycles. The number of benzene rings is 3. The van der Waals surface area contributed by atoms with Crippen LogP contribution in [0.5, 0.6) is 0 Å². The Labute approximate surface area is 352 Å². The number of nitrogens with one attached hydrogen (secondary N) is 2. The number of thiazole rings is 1. The molecule has 60 heavy (non-hydrogen) atoms. The second-order valence-corrected chi connectivity index (χ2v) is 20.8. The van der Waals surface area contributed by atoms with Gasteiger partial charge in [-0.3, -0.25) is 24.7 Å². The largest absolute Gasteiger partial charge is 0.476 e. The zero-order chi connectivity index (χ0) is 42.2. The van der Waals surface area contributed by atoms with Crippen LogP contribution in [0.4, 0.5) is 5.13 Å². The predicted octanol–water partition coefficient (Wildman–Crippen LogP) is 8.59. The summed E-state index contributed by atoms with van der Waals surface area (Å²) in [4.78, 5) is 35.8. The lowest BCUT2D eigenvalue weighted by molar-refractivity contribution is -0.263. The number of nitrogens with zero attached hydrogens (tertiary/aromatic N) is 4. The molecule has 0 aliphatic heterocycles. The van der Waals surface area contributed by atoms with Crippen molar-refractivity contribution in [2.75, 3.05) is 17.6 Å². The maximum atomic E-state index is 13.6. The number of amides is 1. The van der Waals surface area contributed by atoms with E-state index in [1.807, 2.05) is 79.2 Å². The Morgan fingerprint density at radius 1 is 0.933 bits per heavy atom. The van der Waals surface area contributed by atoms with Gasteiger partial charge in [0.25, 0.3) is 16.0 Å². The van der Waals surface area contributed by atoms with Gasteiger partial charge in [0, 0.05) is 41.0 Å². The number of anilines is 1. The predicted molar refractivity (Wildman–Crippen MR) is 232 cm³/mol. The molecule has 6 aromatic rings. The highest BCUT2D eigenvalue weighted by Gasteiger charge is 2.66. The summed E-state index contributed by atoms with van der Waals surface area (Å²) in [5.74, 6) is -1.83. The molecule has 4 saturated carbocycles. The maximum Gasteiger partial charge on any atom is 0.355 e. The van der Waals surface area contributed by atoms with Gasteiger partial charge in [0.2, 0.25) is 0 Å². The monoisotopic (exact) mass is 848 g/mol. The molecule has 4 N–H and O–H groups in total. The molecule has 3 unspecified atom stereocenters. The van der Waals surface area contributed by atoms with E-state index in [4.69, 9.17) is 14.8 Å². The lowest BCUT2D eigenvalue weighted by Gasteiger charge is -2.69. The number of fused-ring (bicyclic) bond motifs is 2. The van der Waals surface area contributed by atoms with E-state index in [2.05, 4.69) is 29.5 Å². The van der Waals surface area contributed by atoms with Crippen molar-refractivity contribution in [2.24, 2.45) is 16.2 Å². The van der Waals surface area contributed by atoms with Crippen molar-refractivity contribution >= 4 is 59.5 Å². The first-order chi connectivity index (χ1) is 28.4. The van der Waals surface area contributed by atoms with Crippen LogP contribution in [-0.2, 0) is 21.4 Å². The van der Waals surface area contributed by atoms with Crippen LogP contribution in [-0.4, -0.2) is 73.8 Å². The number of ether oxygens (including phenoxy) is 1. The van der Waals surface area contributed by atoms with Crippen LogP contribution in [0.1, 0.15) is 85.8 Å². The summed E-state index contributed by atoms with van der Waals surface area (Å²) in [5, 5.41) is 23.6. The van der Waals surface area contributed by atoms with Crippen molar-refractivity contribution < 1.29 is 32.4 Å². The van der Waals surface area contributed by atoms with E-state index in [9.17, 15) is 27.7 Å². The molecule has 3 aromatic heterocycles. The average molecular weight is 849 g/mol. The molecule has 4 fully saturated rings. The summed E-state index contributed by atoms with van der Waals surface area (Å²) >= 11 is 1.41. The van der Waals surface area contributed by atoms with E-state index < -0.39 is 27.9 Å². The number of para-hydroxylation sites is 1. The van der Waals surface area contributed by atoms with E-state index in [0.29, 0.717) is 45.0 Å². The Morgan fingerprint density at radius 3 is 2.43 bits per heavy atom. The van der Waals surface area contributed by atoms with Crippen LogP contribution in [0.2, 0.25) is 0 Å². The number of aromatic nitrogens is 4. The third-order valence-corrected chi connectivity index (χ3v) is 14.5. The molecular weight excluding hydrogens is 801 g/mol. The molecule has 0 radical (unpaired) electrons. The molecular formula is C45H48N6O7S2. The van der Waals surface area contributed by atoms with Crippen LogP contribution in [0, 0.1) is 23.2 Å². The van der Waals surface area contributed by atoms with Gasteiger partial charge in [-0.15, -0.1) is 0 Å². The summed E-state index contributed by atoms with van der Waals surface area (Å²) < 4.78 is 41.7. The minimum absolute atomic E-state index is 0.0571. The van der Waals surface area contributed by atoms with Gasteiger partial charge in [-0.2, -0.15) is 13.5 Å². The van der Waals surface area contributed by atoms with Crippen molar-refractivity contribution in [3.05, 3.63) is 95.9 Å². The Morgan fingerprint density at radius 2 is 1.70 bits per heavy atom. The molecule has 3 atom stereocenters. The molecule has 0 saturated heterocycles. The zero-order valence-electron chi connectivity index (χ0n) is 34.0. The van der Waals surface area contributed by atoms with E-state index in [0.717, 1.165) is 59.8 Å². The number of pyridine rings is 1. The van der Waals surface area contributed by atoms with Crippen molar-refractivity contribution in [1.29, 1.82) is 0 Å². The maximum absolute atomic E-state index is 13.6. The zero-order valence-corrected chi connectivity index (χ0v) is 35.6. The highest BCUT2D eigenvalue weighted by atomic mass is 32.2. The topological polar surface area (TPSA) is 186 Å². The minimum atomic E-state index is -4.08. The van der Waals surface area contributed by atoms with Crippen LogP contribution in [0.3, 0.4) is 0 Å². The first kappa shape index (κ1) is 40.4. The lowest BCUT2D eigenvalue weighted by atomic mass is 9.39. The number of rotatable bonds is 13. The SMILES string of the molecule is Cc1c(-c2ccc(-c3ccc4cccc(C(=O)Nc5nc6ccccc6s5)c4c3)nc2C(=O)O)cnn1CC12CC3(C)CC(C)(C1)CC(OC(C)NCCS(=O)(=O)O)(C3)C2. The van der Waals surface area contributed by atoms with Gasteiger partial charge in [-0.1, -0.05) is 61.6 Å². The summed E-state index contributed by atoms with van der Waals surface area (Å²) in [6, 6.07) is 22.5. The minimum Gasteiger partial charge on any atom is -0.476 e. The van der Waals surface area contributed by atoms with Gasteiger partial charge in [-0.25, -0.2) is 14.8 Å². The normalized spacial score (nSPS) is 25.2. The van der Waals surface area contributed by atoms with E-state index in [-0.39, 0.29) is 40.1 Å². The third-order valence-electron chi connectivity index (χ3n) is 12.8. The van der Waals surface area contributed by atoms with Gasteiger partial charge in [0.15, 0.2) is 10.8 Å². The summed E-state index contributed by atoms with van der Waals surface area (Å²) in [5.41, 5.74) is 3.96. The molecule has 3 heterocycles. The third kappa shape index (κ3) is 7.73. The fourth-order valence-corrected chi connectivity index (χ4v) is 13.1. The number of hydrogen-bond donors (Lipinski definition) is 4. The van der Waals surface area contributed by atoms with Gasteiger partial charge in [-0.05, 0) is 116 Å². The van der Waals surface area contributed by atoms with Gasteiger partial charge >= 0.3 is 5.97 Å². The van der Waals surface area contributed by atoms with Gasteiger partial charge < -0.3 is 9.84 Å². The van der Waals surface area contributed by atoms with Crippen molar-refractivity contribution in [2.45, 2.75) is 84.6 Å². The van der Waals surface area contributed by atoms with E-state index in [1.54, 1.807) is 18.3 Å². The second-order valence-electron chi connectivity index (χ2n) is 18.2. The molecule has 4 bridgehead atoms. The summed E-state index contributed by atoms with van der Waals surface area (Å²) in [6.45, 7) is 9.33. The Balaban J connectivity index is 0.978. The Kier molecular flexibility index (Phi) is 9.78. The number of carboxylic acids is 1. The van der Waals surface area contributed by atoms with Crippen LogP contribution in [0.25, 0.3) is 43.4 Å². The highest BCUT2D eigenvalue weighted by molar-refractivity contribution is 7.85. The molecule has 10 rings (SSSR count). The van der Waals surface area contributed by atoms with Crippen molar-refractivity contribution in [3.8, 4) is 22.4 Å². The molecule has 4 aliphatic rings. The standard InChI is InChI=1S/C45H48N6O7S2/c1-27-34(19-47-51(27)26-44-21-42(3)20-43(4,22-44)24-45(23-42,25-44)58-28(2)46-16-17-60(55,56)57)31-14-15-35(48-38(31)40(53)54)30-13-12-29-8-7-9-32(33(29)18-30)39(52)50-41-49-36-10-5-6-11-37(36)59-41/h5-15,18-19,28,46H,16-17,20-26H2,1-4H3,(H,53,54)(H,49,50,52)(H,55,56,57). The van der Waals surface area contributed by atoms with Crippen LogP contribution < -0.4 is 10.6 Å². The number of hydrogen-bond acceptors (Lipinski definition) is 10. The number of carbonyl (C=O) groups is 2. The number of carboxylic acid groups (broad SMARTS) is 1. The van der Waals surface area contributed by atoms with Crippen molar-refractivity contribution in [3.63, 3.8) is 0 Å². The lowest BCUT2D eigenvalue weighted by Crippen LogP contribution is -2.65. The van der Waals surface area contributed by atoms with E-state index in [1.165, 1.54) is 11.3 Å². The fourth-order valence-electron chi connectivity index (χ4n) is 11.8. The molecule has 1 amide bonds. The van der Waals surface area contributed by atoms with E-state index >= 15 is 0 Å². The molecule has 3 aromatic carbocycles. The average Bonchev–Trinajstić information content (AvgIpc) is 3.73. The first-order valence-electron chi connectivity index (χ1n) is 20.3. The number of carbonyl (C=O) groups excluding carboxylic acids is 1. The summed E-state index contributed by atoms with van der Waals surface area (Å²) in [6.07, 6.45) is 7.15.